The van der Waals surface area contributed by atoms with E-state index in [1.54, 1.807) is 0 Å². The van der Waals surface area contributed by atoms with Gasteiger partial charge in [-0.2, -0.15) is 0 Å². The maximum atomic E-state index is 3.52. The van der Waals surface area contributed by atoms with Gasteiger partial charge in [-0.25, -0.2) is 0 Å². The number of hydrogen-bond donors (Lipinski definition) is 1. The largest absolute Gasteiger partial charge is 0.316 e. The minimum Gasteiger partial charge on any atom is -0.316 e. The molecule has 1 unspecified atom stereocenters. The van der Waals surface area contributed by atoms with E-state index in [-0.39, 0.29) is 0 Å². The van der Waals surface area contributed by atoms with Crippen LogP contribution in [0, 0.1) is 6.92 Å². The second-order valence-corrected chi connectivity index (χ2v) is 8.08. The summed E-state index contributed by atoms with van der Waals surface area (Å²) in [4.78, 5) is 2.81. The molecule has 4 heteroatoms. The first kappa shape index (κ1) is 15.1. The number of benzene rings is 1. The van der Waals surface area contributed by atoms with Gasteiger partial charge in [-0.3, -0.25) is 0 Å². The van der Waals surface area contributed by atoms with Crippen molar-refractivity contribution in [3.63, 3.8) is 0 Å². The quantitative estimate of drug-likeness (QED) is 0.750. The van der Waals surface area contributed by atoms with E-state index in [0.717, 1.165) is 12.2 Å². The molecule has 0 radical (unpaired) electrons. The number of hydrogen-bond acceptors (Lipinski definition) is 3. The molecule has 2 aromatic rings. The molecule has 1 heterocycles. The summed E-state index contributed by atoms with van der Waals surface area (Å²) in [6, 6.07) is 13.4. The molecule has 0 aliphatic carbocycles. The monoisotopic (exact) mass is 355 g/mol. The summed E-state index contributed by atoms with van der Waals surface area (Å²) >= 11 is 7.28. The van der Waals surface area contributed by atoms with Crippen LogP contribution in [0.15, 0.2) is 45.1 Å². The van der Waals surface area contributed by atoms with Gasteiger partial charge in [-0.1, -0.05) is 18.2 Å². The van der Waals surface area contributed by atoms with Crippen LogP contribution in [-0.4, -0.2) is 18.8 Å². The minimum absolute atomic E-state index is 0.509. The number of rotatable bonds is 6. The fourth-order valence-electron chi connectivity index (χ4n) is 1.86. The van der Waals surface area contributed by atoms with Crippen molar-refractivity contribution in [3.05, 3.63) is 50.6 Å². The lowest BCUT2D eigenvalue weighted by Crippen LogP contribution is -2.29. The molecule has 1 atom stereocenters. The lowest BCUT2D eigenvalue weighted by atomic mass is 10.2. The first-order chi connectivity index (χ1) is 9.19. The smallest absolute Gasteiger partial charge is 0.0701 e. The summed E-state index contributed by atoms with van der Waals surface area (Å²) in [5, 5.41) is 3.42. The van der Waals surface area contributed by atoms with Crippen molar-refractivity contribution < 1.29 is 0 Å². The molecule has 19 heavy (non-hydrogen) atoms. The molecule has 1 aromatic carbocycles. The van der Waals surface area contributed by atoms with E-state index in [9.17, 15) is 0 Å². The topological polar surface area (TPSA) is 12.0 Å². The highest BCUT2D eigenvalue weighted by Gasteiger charge is 2.10. The molecule has 0 saturated carbocycles. The van der Waals surface area contributed by atoms with Gasteiger partial charge in [0.15, 0.2) is 0 Å². The predicted octanol–water partition coefficient (Wildman–Crippen LogP) is 4.74. The van der Waals surface area contributed by atoms with Crippen molar-refractivity contribution in [1.29, 1.82) is 0 Å². The van der Waals surface area contributed by atoms with E-state index >= 15 is 0 Å². The van der Waals surface area contributed by atoms with Crippen molar-refractivity contribution in [3.8, 4) is 0 Å². The van der Waals surface area contributed by atoms with Gasteiger partial charge in [0.1, 0.15) is 0 Å². The molecular weight excluding hydrogens is 338 g/mol. The van der Waals surface area contributed by atoms with Gasteiger partial charge in [-0.05, 0) is 60.1 Å². The van der Waals surface area contributed by atoms with E-state index in [4.69, 9.17) is 0 Å². The zero-order chi connectivity index (χ0) is 13.7. The molecular formula is C15H18BrNS2. The van der Waals surface area contributed by atoms with Crippen LogP contribution < -0.4 is 5.32 Å². The first-order valence-corrected chi connectivity index (χ1v) is 8.88. The Kier molecular flexibility index (Phi) is 5.95. The molecule has 0 bridgehead atoms. The number of aryl methyl sites for hydroxylation is 1. The summed E-state index contributed by atoms with van der Waals surface area (Å²) in [6.45, 7) is 2.17. The molecule has 0 spiro atoms. The molecule has 2 rings (SSSR count). The second-order valence-electron chi connectivity index (χ2n) is 4.47. The third-order valence-corrected chi connectivity index (χ3v) is 6.00. The third kappa shape index (κ3) is 4.63. The van der Waals surface area contributed by atoms with Crippen molar-refractivity contribution in [2.24, 2.45) is 0 Å². The van der Waals surface area contributed by atoms with Gasteiger partial charge in [0.2, 0.25) is 0 Å². The fraction of sp³-hybridized carbons (Fsp3) is 0.333. The molecule has 0 aliphatic rings. The summed E-state index contributed by atoms with van der Waals surface area (Å²) in [7, 11) is 2.05. The molecule has 1 N–H and O–H groups in total. The highest BCUT2D eigenvalue weighted by atomic mass is 79.9. The number of thiophene rings is 1. The van der Waals surface area contributed by atoms with Crippen LogP contribution in [-0.2, 0) is 6.42 Å². The maximum Gasteiger partial charge on any atom is 0.0701 e. The number of halogens is 1. The summed E-state index contributed by atoms with van der Waals surface area (Å²) in [5.74, 6) is 1.09. The van der Waals surface area contributed by atoms with Crippen molar-refractivity contribution >= 4 is 39.0 Å². The van der Waals surface area contributed by atoms with Crippen molar-refractivity contribution in [2.45, 2.75) is 24.3 Å². The van der Waals surface area contributed by atoms with Crippen LogP contribution in [0.3, 0.4) is 0 Å². The van der Waals surface area contributed by atoms with Crippen LogP contribution in [0.4, 0.5) is 0 Å². The molecule has 1 aromatic heterocycles. The Bertz CT molecular complexity index is 524. The standard InChI is InChI=1S/C15H18BrNS2/c1-11-5-3-4-6-14(11)18-10-12(17-2)9-13-7-8-15(16)19-13/h3-8,12,17H,9-10H2,1-2H3. The Morgan fingerprint density at radius 3 is 2.68 bits per heavy atom. The molecule has 0 saturated heterocycles. The van der Waals surface area contributed by atoms with Gasteiger partial charge in [0.25, 0.3) is 0 Å². The van der Waals surface area contributed by atoms with Crippen LogP contribution in [0.25, 0.3) is 0 Å². The Morgan fingerprint density at radius 1 is 1.26 bits per heavy atom. The molecule has 0 fully saturated rings. The van der Waals surface area contributed by atoms with Gasteiger partial charge < -0.3 is 5.32 Å². The lowest BCUT2D eigenvalue weighted by Gasteiger charge is -2.15. The molecule has 1 nitrogen and oxygen atoms in total. The lowest BCUT2D eigenvalue weighted by molar-refractivity contribution is 0.622. The van der Waals surface area contributed by atoms with E-state index < -0.39 is 0 Å². The minimum atomic E-state index is 0.509. The SMILES string of the molecule is CNC(CSc1ccccc1C)Cc1ccc(Br)s1. The number of nitrogens with one attached hydrogen (secondary N) is 1. The Labute approximate surface area is 131 Å². The average molecular weight is 356 g/mol. The fourth-order valence-corrected chi connectivity index (χ4v) is 4.56. The maximum absolute atomic E-state index is 3.52. The van der Waals surface area contributed by atoms with E-state index in [1.165, 1.54) is 19.1 Å². The van der Waals surface area contributed by atoms with Crippen LogP contribution >= 0.6 is 39.0 Å². The first-order valence-electron chi connectivity index (χ1n) is 6.29. The summed E-state index contributed by atoms with van der Waals surface area (Å²) < 4.78 is 1.21. The Morgan fingerprint density at radius 2 is 2.05 bits per heavy atom. The molecule has 102 valence electrons. The highest BCUT2D eigenvalue weighted by Crippen LogP contribution is 2.26. The van der Waals surface area contributed by atoms with Crippen LogP contribution in [0.5, 0.6) is 0 Å². The summed E-state index contributed by atoms with van der Waals surface area (Å²) in [6.07, 6.45) is 1.09. The van der Waals surface area contributed by atoms with Crippen LogP contribution in [0.1, 0.15) is 10.4 Å². The second kappa shape index (κ2) is 7.48. The highest BCUT2D eigenvalue weighted by molar-refractivity contribution is 9.11. The number of thioether (sulfide) groups is 1. The normalized spacial score (nSPS) is 12.6. The number of likely N-dealkylation sites (N-methyl/N-ethyl adjacent to an activating group) is 1. The average Bonchev–Trinajstić information content (AvgIpc) is 2.81. The van der Waals surface area contributed by atoms with Crippen LogP contribution in [0.2, 0.25) is 0 Å². The zero-order valence-electron chi connectivity index (χ0n) is 11.2. The van der Waals surface area contributed by atoms with Gasteiger partial charge in [0.05, 0.1) is 3.79 Å². The Hall–Kier alpha value is -0.290. The van der Waals surface area contributed by atoms with Gasteiger partial charge in [-0.15, -0.1) is 23.1 Å². The van der Waals surface area contributed by atoms with E-state index in [0.29, 0.717) is 6.04 Å². The predicted molar refractivity (Wildman–Crippen MR) is 90.5 cm³/mol. The van der Waals surface area contributed by atoms with Gasteiger partial charge in [0, 0.05) is 21.6 Å². The molecule has 0 aliphatic heterocycles. The molecule has 0 amide bonds. The van der Waals surface area contributed by atoms with Crippen molar-refractivity contribution in [1.82, 2.24) is 5.32 Å². The third-order valence-electron chi connectivity index (χ3n) is 3.02. The zero-order valence-corrected chi connectivity index (χ0v) is 14.4. The van der Waals surface area contributed by atoms with E-state index in [2.05, 4.69) is 64.6 Å². The van der Waals surface area contributed by atoms with Crippen molar-refractivity contribution in [2.75, 3.05) is 12.8 Å². The van der Waals surface area contributed by atoms with Gasteiger partial charge >= 0.3 is 0 Å². The summed E-state index contributed by atoms with van der Waals surface area (Å²) in [5.41, 5.74) is 1.36. The van der Waals surface area contributed by atoms with E-state index in [1.807, 2.05) is 30.1 Å². The Balaban J connectivity index is 1.91.